The van der Waals surface area contributed by atoms with Gasteiger partial charge in [0, 0.05) is 71.4 Å². The number of esters is 4. The first-order valence-electron chi connectivity index (χ1n) is 19.5. The van der Waals surface area contributed by atoms with Crippen LogP contribution in [0.25, 0.3) is 0 Å². The van der Waals surface area contributed by atoms with Crippen LogP contribution >= 0.6 is 0 Å². The van der Waals surface area contributed by atoms with Crippen LogP contribution in [0.5, 0.6) is 0 Å². The number of carbonyl (C=O) groups is 8. The van der Waals surface area contributed by atoms with Gasteiger partial charge in [0.25, 0.3) is 0 Å². The Bertz CT molecular complexity index is 1750. The molecule has 74 heavy (non-hydrogen) atoms. The molecule has 0 spiro atoms. The molecule has 424 valence electrons. The van der Waals surface area contributed by atoms with E-state index in [1.165, 1.54) is 73.3 Å². The van der Waals surface area contributed by atoms with Crippen molar-refractivity contribution in [3.8, 4) is 0 Å². The second-order valence-electron chi connectivity index (χ2n) is 11.6. The maximum absolute atomic E-state index is 11.1. The SMILES string of the molecule is CC(=O)[O-].CC(=O)[O-].CC(=O)[O-].CC(=O)[O-].CCOC(=O)c1ccc(C[O-])nc1.CCOC(=O)c1ccc(C[O-])nc1.CCOC(=O)c1ccc(C[O-])nc1.CCOC(=O)c1ccc(C[O-])nc1.[Ni+2].[Ni+2].[Ni+2].[Ni+2].[OH3+].[OH3+]. The third kappa shape index (κ3) is 57.0. The van der Waals surface area contributed by atoms with E-state index in [2.05, 4.69) is 19.9 Å². The number of hydrogen-bond acceptors (Lipinski definition) is 24. The van der Waals surface area contributed by atoms with E-state index in [0.717, 1.165) is 27.7 Å². The zero-order valence-electron chi connectivity index (χ0n) is 41.0. The average Bonchev–Trinajstić information content (AvgIpc) is 3.29. The zero-order chi connectivity index (χ0) is 53.0. The van der Waals surface area contributed by atoms with Crippen molar-refractivity contribution in [3.63, 3.8) is 0 Å². The molecule has 0 radical (unpaired) electrons. The van der Waals surface area contributed by atoms with Gasteiger partial charge in [-0.2, -0.15) is 0 Å². The third-order valence-corrected chi connectivity index (χ3v) is 5.94. The van der Waals surface area contributed by atoms with Crippen LogP contribution < -0.4 is 40.9 Å². The second kappa shape index (κ2) is 59.7. The number of nitrogens with zero attached hydrogens (tertiary/aromatic N) is 4. The van der Waals surface area contributed by atoms with Crippen molar-refractivity contribution in [2.45, 2.75) is 81.8 Å². The van der Waals surface area contributed by atoms with Crippen LogP contribution in [0, 0.1) is 0 Å². The molecule has 0 aliphatic carbocycles. The monoisotopic (exact) mass is 1230 g/mol. The van der Waals surface area contributed by atoms with E-state index in [9.17, 15) is 39.6 Å². The molecule has 0 atom stereocenters. The molecule has 0 unspecified atom stereocenters. The van der Waals surface area contributed by atoms with Crippen LogP contribution in [0.4, 0.5) is 0 Å². The average molecular weight is 1230 g/mol. The van der Waals surface area contributed by atoms with Crippen molar-refractivity contribution in [3.05, 3.63) is 118 Å². The molecule has 0 aliphatic rings. The van der Waals surface area contributed by atoms with Gasteiger partial charge in [-0.05, 0) is 104 Å². The standard InChI is InChI=1S/4C9H10NO3.4C2H4O2.4Ni.2H2O/c4*1-2-13-9(12)7-3-4-8(6-11)10-5-7;4*1-2(3)4;;;;;;/h4*3-5H,2,6H2,1H3;4*1H3,(H,3,4);;;;;2*1H2/q4*-1;;;;;4*+2;;/p-2. The minimum Gasteiger partial charge on any atom is -0.850 e. The molecule has 4 rings (SSSR count). The Balaban J connectivity index is -0.0000000819. The molecule has 0 aliphatic heterocycles. The van der Waals surface area contributed by atoms with E-state index in [1.54, 1.807) is 27.7 Å². The molecule has 6 N–H and O–H groups in total. The summed E-state index contributed by atoms with van der Waals surface area (Å²) in [5.41, 5.74) is 3.19. The van der Waals surface area contributed by atoms with E-state index in [-0.39, 0.29) is 103 Å². The fourth-order valence-electron chi connectivity index (χ4n) is 3.38. The first-order chi connectivity index (χ1) is 32.0. The summed E-state index contributed by atoms with van der Waals surface area (Å²) in [6.45, 7) is 10.7. The molecule has 4 heterocycles. The zero-order valence-corrected chi connectivity index (χ0v) is 44.9. The summed E-state index contributed by atoms with van der Waals surface area (Å²) < 4.78 is 19.0. The summed E-state index contributed by atoms with van der Waals surface area (Å²) in [6, 6.07) is 12.3. The summed E-state index contributed by atoms with van der Waals surface area (Å²) in [6.07, 6.45) is 5.41. The summed E-state index contributed by atoms with van der Waals surface area (Å²) in [4.78, 5) is 95.1. The van der Waals surface area contributed by atoms with Gasteiger partial charge in [-0.1, -0.05) is 26.4 Å². The van der Waals surface area contributed by atoms with Crippen LogP contribution in [-0.2, 0) is 141 Å². The van der Waals surface area contributed by atoms with Crippen molar-refractivity contribution in [2.24, 2.45) is 0 Å². The van der Waals surface area contributed by atoms with Gasteiger partial charge in [-0.25, -0.2) is 19.2 Å². The molecule has 0 amide bonds. The van der Waals surface area contributed by atoms with E-state index in [4.69, 9.17) is 58.6 Å². The van der Waals surface area contributed by atoms with Crippen LogP contribution in [0.2, 0.25) is 0 Å². The van der Waals surface area contributed by atoms with Gasteiger partial charge in [-0.3, -0.25) is 19.9 Å². The number of carboxylic acid groups (broad SMARTS) is 4. The number of aliphatic carboxylic acids is 4. The van der Waals surface area contributed by atoms with E-state index in [0.29, 0.717) is 71.5 Å². The van der Waals surface area contributed by atoms with Crippen LogP contribution in [0.1, 0.15) is 120 Å². The molecular formula is C44H58N4Ni4O22+2. The fourth-order valence-corrected chi connectivity index (χ4v) is 3.38. The molecule has 0 bridgehead atoms. The Morgan fingerprint density at radius 1 is 0.351 bits per heavy atom. The van der Waals surface area contributed by atoms with Gasteiger partial charge >= 0.3 is 89.8 Å². The van der Waals surface area contributed by atoms with Gasteiger partial charge in [0.15, 0.2) is 0 Å². The number of hydrogen-bond donors (Lipinski definition) is 0. The fraction of sp³-hybridized carbons (Fsp3) is 0.364. The molecule has 0 aromatic carbocycles. The predicted octanol–water partition coefficient (Wildman–Crippen LogP) is -6.35. The topological polar surface area (TPSA) is 476 Å². The molecule has 0 fully saturated rings. The maximum atomic E-state index is 11.1. The Labute approximate surface area is 467 Å². The first kappa shape index (κ1) is 90.8. The summed E-state index contributed by atoms with van der Waals surface area (Å²) in [5, 5.41) is 77.0. The normalized spacial score (nSPS) is 8.16. The van der Waals surface area contributed by atoms with Crippen LogP contribution in [0.15, 0.2) is 73.3 Å². The Morgan fingerprint density at radius 2 is 0.486 bits per heavy atom. The van der Waals surface area contributed by atoms with Crippen molar-refractivity contribution in [1.82, 2.24) is 19.9 Å². The predicted molar refractivity (Wildman–Crippen MR) is 228 cm³/mol. The van der Waals surface area contributed by atoms with Gasteiger partial charge in [0.2, 0.25) is 0 Å². The van der Waals surface area contributed by atoms with E-state index in [1.807, 2.05) is 0 Å². The van der Waals surface area contributed by atoms with Crippen LogP contribution in [-0.4, -0.2) is 94.1 Å². The number of aromatic nitrogens is 4. The number of rotatable bonds is 12. The molecule has 26 nitrogen and oxygen atoms in total. The van der Waals surface area contributed by atoms with Crippen molar-refractivity contribution in [2.75, 3.05) is 26.4 Å². The van der Waals surface area contributed by atoms with Gasteiger partial charge in [0.05, 0.1) is 48.7 Å². The van der Waals surface area contributed by atoms with Gasteiger partial charge in [0.1, 0.15) is 0 Å². The number of ether oxygens (including phenoxy) is 4. The number of pyridine rings is 4. The van der Waals surface area contributed by atoms with Crippen molar-refractivity contribution in [1.29, 1.82) is 0 Å². The third-order valence-electron chi connectivity index (χ3n) is 5.94. The Morgan fingerprint density at radius 3 is 0.568 bits per heavy atom. The van der Waals surface area contributed by atoms with Crippen molar-refractivity contribution < 1.29 is 175 Å². The number of carboxylic acids is 4. The van der Waals surface area contributed by atoms with Gasteiger partial charge < -0.3 is 89.9 Å². The van der Waals surface area contributed by atoms with Gasteiger partial charge in [-0.15, -0.1) is 0 Å². The van der Waals surface area contributed by atoms with E-state index < -0.39 is 47.8 Å². The second-order valence-corrected chi connectivity index (χ2v) is 11.6. The van der Waals surface area contributed by atoms with Crippen LogP contribution in [0.3, 0.4) is 0 Å². The summed E-state index contributed by atoms with van der Waals surface area (Å²) >= 11 is 0. The van der Waals surface area contributed by atoms with E-state index >= 15 is 0 Å². The van der Waals surface area contributed by atoms with Crippen molar-refractivity contribution >= 4 is 47.8 Å². The largest absolute Gasteiger partial charge is 2.00 e. The molecule has 4 aromatic heterocycles. The minimum absolute atomic E-state index is 0. The molecule has 30 heteroatoms. The first-order valence-corrected chi connectivity index (χ1v) is 19.5. The molecule has 4 aromatic rings. The Hall–Kier alpha value is -5.91. The molecular weight excluding hydrogens is 1170 g/mol. The Kier molecular flexibility index (Phi) is 73.2. The summed E-state index contributed by atoms with van der Waals surface area (Å²) in [5.74, 6) is -5.97. The summed E-state index contributed by atoms with van der Waals surface area (Å²) in [7, 11) is 0. The maximum Gasteiger partial charge on any atom is 2.00 e. The quantitative estimate of drug-likeness (QED) is 0.0551. The smallest absolute Gasteiger partial charge is 0.850 e. The number of carbonyl (C=O) groups excluding carboxylic acids is 8. The molecule has 0 saturated carbocycles. The molecule has 0 saturated heterocycles. The minimum atomic E-state index is -1.08.